The van der Waals surface area contributed by atoms with E-state index < -0.39 is 12.1 Å². The minimum absolute atomic E-state index is 0.0806. The van der Waals surface area contributed by atoms with Crippen molar-refractivity contribution in [1.29, 1.82) is 0 Å². The summed E-state index contributed by atoms with van der Waals surface area (Å²) in [6, 6.07) is 5.62. The van der Waals surface area contributed by atoms with Crippen LogP contribution >= 0.6 is 15.9 Å². The largest absolute Gasteiger partial charge is 0.497 e. The highest BCUT2D eigenvalue weighted by atomic mass is 79.9. The van der Waals surface area contributed by atoms with E-state index >= 15 is 0 Å². The van der Waals surface area contributed by atoms with Crippen LogP contribution < -0.4 is 10.1 Å². The molecule has 2 rings (SSSR count). The molecule has 0 atom stereocenters. The minimum atomic E-state index is -4.05. The maximum absolute atomic E-state index is 12.6. The first-order valence-corrected chi connectivity index (χ1v) is 7.36. The molecule has 0 heterocycles. The van der Waals surface area contributed by atoms with Crippen molar-refractivity contribution in [3.8, 4) is 5.75 Å². The molecule has 0 amide bonds. The van der Waals surface area contributed by atoms with Crippen molar-refractivity contribution in [1.82, 2.24) is 0 Å². The number of nitrogens with one attached hydrogen (secondary N) is 1. The Morgan fingerprint density at radius 3 is 2.40 bits per heavy atom. The first kappa shape index (κ1) is 15.5. The van der Waals surface area contributed by atoms with Crippen LogP contribution in [0, 0.1) is 5.92 Å². The number of alkyl halides is 3. The number of halogens is 4. The van der Waals surface area contributed by atoms with E-state index in [1.165, 1.54) is 0 Å². The molecule has 0 aliphatic heterocycles. The number of methoxy groups -OCH3 is 1. The predicted molar refractivity (Wildman–Crippen MR) is 76.1 cm³/mol. The first-order chi connectivity index (χ1) is 9.40. The topological polar surface area (TPSA) is 21.3 Å². The lowest BCUT2D eigenvalue weighted by Crippen LogP contribution is -2.32. The summed E-state index contributed by atoms with van der Waals surface area (Å²) in [5.74, 6) is -0.422. The van der Waals surface area contributed by atoms with E-state index in [4.69, 9.17) is 4.74 Å². The van der Waals surface area contributed by atoms with E-state index in [9.17, 15) is 13.2 Å². The third kappa shape index (κ3) is 3.81. The maximum Gasteiger partial charge on any atom is 0.391 e. The normalized spacial score (nSPS) is 23.4. The van der Waals surface area contributed by atoms with Crippen molar-refractivity contribution in [2.24, 2.45) is 5.92 Å². The van der Waals surface area contributed by atoms with Gasteiger partial charge in [-0.1, -0.05) is 0 Å². The fourth-order valence-electron chi connectivity index (χ4n) is 2.53. The van der Waals surface area contributed by atoms with Gasteiger partial charge >= 0.3 is 6.18 Å². The van der Waals surface area contributed by atoms with Crippen molar-refractivity contribution in [3.05, 3.63) is 22.7 Å². The molecule has 0 bridgehead atoms. The zero-order valence-corrected chi connectivity index (χ0v) is 12.7. The molecule has 1 saturated carbocycles. The highest BCUT2D eigenvalue weighted by Crippen LogP contribution is 2.39. The average molecular weight is 352 g/mol. The summed E-state index contributed by atoms with van der Waals surface area (Å²) in [6.07, 6.45) is -2.59. The molecule has 0 saturated heterocycles. The number of anilines is 1. The Morgan fingerprint density at radius 2 is 1.85 bits per heavy atom. The van der Waals surface area contributed by atoms with Gasteiger partial charge in [0.25, 0.3) is 0 Å². The summed E-state index contributed by atoms with van der Waals surface area (Å²) in [5, 5.41) is 3.30. The van der Waals surface area contributed by atoms with Gasteiger partial charge in [0.2, 0.25) is 0 Å². The molecular formula is C14H17BrF3NO. The molecule has 0 unspecified atom stereocenters. The molecule has 0 radical (unpaired) electrons. The van der Waals surface area contributed by atoms with E-state index in [1.54, 1.807) is 7.11 Å². The molecule has 1 aliphatic rings. The van der Waals surface area contributed by atoms with E-state index in [2.05, 4.69) is 21.2 Å². The highest BCUT2D eigenvalue weighted by Gasteiger charge is 2.41. The molecule has 112 valence electrons. The van der Waals surface area contributed by atoms with Crippen LogP contribution in [0.2, 0.25) is 0 Å². The van der Waals surface area contributed by atoms with Gasteiger partial charge in [0.1, 0.15) is 5.75 Å². The van der Waals surface area contributed by atoms with E-state index in [-0.39, 0.29) is 18.9 Å². The lowest BCUT2D eigenvalue weighted by molar-refractivity contribution is -0.182. The number of rotatable bonds is 3. The molecule has 2 nitrogen and oxygen atoms in total. The lowest BCUT2D eigenvalue weighted by Gasteiger charge is -2.31. The molecule has 1 N–H and O–H groups in total. The van der Waals surface area contributed by atoms with Gasteiger partial charge in [-0.3, -0.25) is 0 Å². The molecule has 0 spiro atoms. The first-order valence-electron chi connectivity index (χ1n) is 6.57. The van der Waals surface area contributed by atoms with Crippen LogP contribution in [-0.2, 0) is 0 Å². The fourth-order valence-corrected chi connectivity index (χ4v) is 2.89. The van der Waals surface area contributed by atoms with Crippen molar-refractivity contribution in [3.63, 3.8) is 0 Å². The van der Waals surface area contributed by atoms with Crippen LogP contribution in [0.25, 0.3) is 0 Å². The van der Waals surface area contributed by atoms with Crippen LogP contribution in [-0.4, -0.2) is 19.3 Å². The van der Waals surface area contributed by atoms with Crippen LogP contribution in [0.1, 0.15) is 25.7 Å². The standard InChI is InChI=1S/C14H17BrF3NO/c1-20-11-6-7-12(15)13(8-11)19-10-4-2-9(3-5-10)14(16,17)18/h6-10,19H,2-5H2,1H3. The molecule has 1 aromatic rings. The van der Waals surface area contributed by atoms with Crippen molar-refractivity contribution >= 4 is 21.6 Å². The molecule has 20 heavy (non-hydrogen) atoms. The molecule has 6 heteroatoms. The number of benzene rings is 1. The van der Waals surface area contributed by atoms with Gasteiger partial charge < -0.3 is 10.1 Å². The smallest absolute Gasteiger partial charge is 0.391 e. The Kier molecular flexibility index (Phi) is 4.83. The third-order valence-electron chi connectivity index (χ3n) is 3.72. The number of hydrogen-bond acceptors (Lipinski definition) is 2. The summed E-state index contributed by atoms with van der Waals surface area (Å²) < 4.78 is 43.9. The quantitative estimate of drug-likeness (QED) is 0.828. The number of hydrogen-bond donors (Lipinski definition) is 1. The van der Waals surface area contributed by atoms with E-state index in [1.807, 2.05) is 18.2 Å². The van der Waals surface area contributed by atoms with Gasteiger partial charge in [-0.05, 0) is 53.7 Å². The van der Waals surface area contributed by atoms with Crippen LogP contribution in [0.5, 0.6) is 5.75 Å². The van der Waals surface area contributed by atoms with Crippen LogP contribution in [0.3, 0.4) is 0 Å². The van der Waals surface area contributed by atoms with Gasteiger partial charge in [-0.2, -0.15) is 13.2 Å². The zero-order valence-electron chi connectivity index (χ0n) is 11.1. The van der Waals surface area contributed by atoms with Gasteiger partial charge in [0.15, 0.2) is 0 Å². The highest BCUT2D eigenvalue weighted by molar-refractivity contribution is 9.10. The number of ether oxygens (including phenoxy) is 1. The Labute approximate surface area is 124 Å². The summed E-state index contributed by atoms with van der Waals surface area (Å²) in [4.78, 5) is 0. The molecule has 1 fully saturated rings. The Morgan fingerprint density at radius 1 is 1.20 bits per heavy atom. The maximum atomic E-state index is 12.6. The Balaban J connectivity index is 1.96. The molecular weight excluding hydrogens is 335 g/mol. The third-order valence-corrected chi connectivity index (χ3v) is 4.41. The van der Waals surface area contributed by atoms with E-state index in [0.717, 1.165) is 15.9 Å². The van der Waals surface area contributed by atoms with Gasteiger partial charge in [-0.25, -0.2) is 0 Å². The zero-order chi connectivity index (χ0) is 14.8. The van der Waals surface area contributed by atoms with Crippen LogP contribution in [0.4, 0.5) is 18.9 Å². The van der Waals surface area contributed by atoms with Crippen LogP contribution in [0.15, 0.2) is 22.7 Å². The summed E-state index contributed by atoms with van der Waals surface area (Å²) in [6.45, 7) is 0. The Hall–Kier alpha value is -0.910. The van der Waals surface area contributed by atoms with E-state index in [0.29, 0.717) is 12.8 Å². The van der Waals surface area contributed by atoms with Gasteiger partial charge in [0, 0.05) is 16.6 Å². The predicted octanol–water partition coefficient (Wildman–Crippen LogP) is 4.99. The Bertz CT molecular complexity index is 456. The van der Waals surface area contributed by atoms with Crippen molar-refractivity contribution in [2.75, 3.05) is 12.4 Å². The van der Waals surface area contributed by atoms with Gasteiger partial charge in [-0.15, -0.1) is 0 Å². The summed E-state index contributed by atoms with van der Waals surface area (Å²) in [7, 11) is 1.58. The SMILES string of the molecule is COc1ccc(Br)c(NC2CCC(C(F)(F)F)CC2)c1. The molecule has 1 aromatic carbocycles. The lowest BCUT2D eigenvalue weighted by atomic mass is 9.85. The second kappa shape index (κ2) is 6.24. The monoisotopic (exact) mass is 351 g/mol. The van der Waals surface area contributed by atoms with Crippen molar-refractivity contribution < 1.29 is 17.9 Å². The van der Waals surface area contributed by atoms with Gasteiger partial charge in [0.05, 0.1) is 18.7 Å². The average Bonchev–Trinajstić information content (AvgIpc) is 2.41. The van der Waals surface area contributed by atoms with Crippen molar-refractivity contribution in [2.45, 2.75) is 37.9 Å². The summed E-state index contributed by atoms with van der Waals surface area (Å²) >= 11 is 3.43. The second-order valence-electron chi connectivity index (χ2n) is 5.08. The molecule has 0 aromatic heterocycles. The summed E-state index contributed by atoms with van der Waals surface area (Å²) in [5.41, 5.74) is 0.861. The fraction of sp³-hybridized carbons (Fsp3) is 0.571. The minimum Gasteiger partial charge on any atom is -0.497 e. The molecule has 1 aliphatic carbocycles. The second-order valence-corrected chi connectivity index (χ2v) is 5.93.